The van der Waals surface area contributed by atoms with Gasteiger partial charge in [-0.25, -0.2) is 0 Å². The van der Waals surface area contributed by atoms with Gasteiger partial charge in [0.15, 0.2) is 0 Å². The molecule has 0 fully saturated rings. The molecule has 0 unspecified atom stereocenters. The van der Waals surface area contributed by atoms with E-state index in [9.17, 15) is 0 Å². The summed E-state index contributed by atoms with van der Waals surface area (Å²) in [6.45, 7) is 2.11. The maximum atomic E-state index is 8.95. The number of aryl methyl sites for hydroxylation is 1. The van der Waals surface area contributed by atoms with Gasteiger partial charge in [0.1, 0.15) is 0 Å². The van der Waals surface area contributed by atoms with Crippen LogP contribution < -0.4 is 0 Å². The van der Waals surface area contributed by atoms with E-state index < -0.39 is 0 Å². The fourth-order valence-corrected chi connectivity index (χ4v) is 2.33. The highest BCUT2D eigenvalue weighted by atomic mass is 32.2. The van der Waals surface area contributed by atoms with E-state index in [0.29, 0.717) is 0 Å². The van der Waals surface area contributed by atoms with Crippen molar-refractivity contribution in [1.29, 1.82) is 0 Å². The van der Waals surface area contributed by atoms with Gasteiger partial charge in [-0.1, -0.05) is 18.2 Å². The van der Waals surface area contributed by atoms with E-state index in [1.54, 1.807) is 11.8 Å². The fraction of sp³-hybridized carbons (Fsp3) is 0.214. The molecule has 0 bridgehead atoms. The smallest absolute Gasteiger partial charge is 0.0681 e. The first-order chi connectivity index (χ1) is 8.28. The predicted molar refractivity (Wildman–Crippen MR) is 70.9 cm³/mol. The average Bonchev–Trinajstić information content (AvgIpc) is 2.37. The number of hydrogen-bond donors (Lipinski definition) is 1. The second-order valence-electron chi connectivity index (χ2n) is 3.86. The molecule has 1 aromatic carbocycles. The van der Waals surface area contributed by atoms with E-state index in [1.165, 1.54) is 4.90 Å². The number of nitrogens with zero attached hydrogens (tertiary/aromatic N) is 1. The summed E-state index contributed by atoms with van der Waals surface area (Å²) in [6.07, 6.45) is 0. The van der Waals surface area contributed by atoms with Crippen molar-refractivity contribution in [3.8, 4) is 0 Å². The molecular formula is C14H15NOS. The molecule has 1 N–H and O–H groups in total. The molecule has 2 nitrogen and oxygen atoms in total. The number of pyridine rings is 1. The number of aromatic nitrogens is 1. The molecule has 0 radical (unpaired) electrons. The van der Waals surface area contributed by atoms with Gasteiger partial charge in [0.25, 0.3) is 0 Å². The largest absolute Gasteiger partial charge is 0.392 e. The van der Waals surface area contributed by atoms with E-state index in [2.05, 4.69) is 4.98 Å². The minimum Gasteiger partial charge on any atom is -0.392 e. The van der Waals surface area contributed by atoms with E-state index in [-0.39, 0.29) is 6.61 Å². The highest BCUT2D eigenvalue weighted by molar-refractivity contribution is 7.98. The van der Waals surface area contributed by atoms with Crippen LogP contribution in [0, 0.1) is 6.92 Å². The molecule has 3 heteroatoms. The van der Waals surface area contributed by atoms with Gasteiger partial charge in [-0.05, 0) is 36.8 Å². The van der Waals surface area contributed by atoms with Crippen molar-refractivity contribution in [3.05, 3.63) is 59.4 Å². The number of aliphatic hydroxyl groups excluding tert-OH is 1. The van der Waals surface area contributed by atoms with Crippen LogP contribution >= 0.6 is 11.8 Å². The molecule has 0 spiro atoms. The van der Waals surface area contributed by atoms with E-state index in [1.807, 2.05) is 49.4 Å². The first kappa shape index (κ1) is 12.1. The maximum Gasteiger partial charge on any atom is 0.0681 e. The van der Waals surface area contributed by atoms with Crippen LogP contribution in [0.5, 0.6) is 0 Å². The van der Waals surface area contributed by atoms with Crippen molar-refractivity contribution in [3.63, 3.8) is 0 Å². The van der Waals surface area contributed by atoms with Gasteiger partial charge in [0, 0.05) is 16.3 Å². The summed E-state index contributed by atoms with van der Waals surface area (Å²) in [6, 6.07) is 14.1. The van der Waals surface area contributed by atoms with Gasteiger partial charge in [0.2, 0.25) is 0 Å². The van der Waals surface area contributed by atoms with Gasteiger partial charge in [-0.3, -0.25) is 4.98 Å². The van der Waals surface area contributed by atoms with Gasteiger partial charge in [-0.15, -0.1) is 11.8 Å². The normalized spacial score (nSPS) is 10.5. The summed E-state index contributed by atoms with van der Waals surface area (Å²) in [5.74, 6) is 0.875. The second kappa shape index (κ2) is 5.84. The first-order valence-electron chi connectivity index (χ1n) is 5.53. The summed E-state index contributed by atoms with van der Waals surface area (Å²) >= 11 is 1.76. The predicted octanol–water partition coefficient (Wildman–Crippen LogP) is 3.17. The zero-order chi connectivity index (χ0) is 12.1. The fourth-order valence-electron chi connectivity index (χ4n) is 1.53. The van der Waals surface area contributed by atoms with Crippen LogP contribution in [0.3, 0.4) is 0 Å². The summed E-state index contributed by atoms with van der Waals surface area (Å²) < 4.78 is 0. The molecule has 88 valence electrons. The number of thioether (sulfide) groups is 1. The summed E-state index contributed by atoms with van der Waals surface area (Å²) in [5, 5.41) is 8.95. The third kappa shape index (κ3) is 3.58. The quantitative estimate of drug-likeness (QED) is 0.840. The van der Waals surface area contributed by atoms with Crippen molar-refractivity contribution in [2.24, 2.45) is 0 Å². The Hall–Kier alpha value is -1.32. The maximum absolute atomic E-state index is 8.95. The van der Waals surface area contributed by atoms with Gasteiger partial charge >= 0.3 is 0 Å². The Morgan fingerprint density at radius 1 is 1.12 bits per heavy atom. The van der Waals surface area contributed by atoms with Gasteiger partial charge < -0.3 is 5.11 Å². The molecule has 0 aliphatic heterocycles. The second-order valence-corrected chi connectivity index (χ2v) is 4.91. The lowest BCUT2D eigenvalue weighted by Gasteiger charge is -2.03. The minimum atomic E-state index is 0.102. The summed E-state index contributed by atoms with van der Waals surface area (Å²) in [4.78, 5) is 5.66. The van der Waals surface area contributed by atoms with Gasteiger partial charge in [-0.2, -0.15) is 0 Å². The van der Waals surface area contributed by atoms with Crippen LogP contribution in [-0.2, 0) is 12.4 Å². The Balaban J connectivity index is 1.97. The Kier molecular flexibility index (Phi) is 4.18. The van der Waals surface area contributed by atoms with E-state index in [4.69, 9.17) is 5.11 Å². The number of benzene rings is 1. The van der Waals surface area contributed by atoms with E-state index >= 15 is 0 Å². The zero-order valence-electron chi connectivity index (χ0n) is 9.76. The number of hydrogen-bond acceptors (Lipinski definition) is 3. The lowest BCUT2D eigenvalue weighted by atomic mass is 10.2. The Morgan fingerprint density at radius 3 is 2.53 bits per heavy atom. The molecule has 0 atom stereocenters. The summed E-state index contributed by atoms with van der Waals surface area (Å²) in [7, 11) is 0. The SMILES string of the molecule is Cc1cccc(CSc2ccc(CO)cc2)n1. The molecule has 0 saturated heterocycles. The topological polar surface area (TPSA) is 33.1 Å². The van der Waals surface area contributed by atoms with Crippen LogP contribution in [0.15, 0.2) is 47.4 Å². The van der Waals surface area contributed by atoms with Crippen molar-refractivity contribution >= 4 is 11.8 Å². The first-order valence-corrected chi connectivity index (χ1v) is 6.51. The van der Waals surface area contributed by atoms with Crippen LogP contribution in [-0.4, -0.2) is 10.1 Å². The lowest BCUT2D eigenvalue weighted by Crippen LogP contribution is -1.89. The van der Waals surface area contributed by atoms with Gasteiger partial charge in [0.05, 0.1) is 12.3 Å². The molecule has 0 saturated carbocycles. The average molecular weight is 245 g/mol. The molecule has 2 aromatic rings. The minimum absolute atomic E-state index is 0.102. The van der Waals surface area contributed by atoms with Crippen molar-refractivity contribution < 1.29 is 5.11 Å². The van der Waals surface area contributed by atoms with Crippen LogP contribution in [0.2, 0.25) is 0 Å². The molecule has 1 aromatic heterocycles. The van der Waals surface area contributed by atoms with Crippen molar-refractivity contribution in [2.45, 2.75) is 24.2 Å². The molecule has 0 aliphatic rings. The molecule has 0 aliphatic carbocycles. The monoisotopic (exact) mass is 245 g/mol. The van der Waals surface area contributed by atoms with Crippen LogP contribution in [0.1, 0.15) is 17.0 Å². The third-order valence-corrected chi connectivity index (χ3v) is 3.48. The molecule has 1 heterocycles. The molecule has 2 rings (SSSR count). The highest BCUT2D eigenvalue weighted by Crippen LogP contribution is 2.22. The number of rotatable bonds is 4. The van der Waals surface area contributed by atoms with Crippen molar-refractivity contribution in [1.82, 2.24) is 4.98 Å². The van der Waals surface area contributed by atoms with E-state index in [0.717, 1.165) is 22.7 Å². The zero-order valence-corrected chi connectivity index (χ0v) is 10.6. The highest BCUT2D eigenvalue weighted by Gasteiger charge is 1.98. The number of aliphatic hydroxyl groups is 1. The van der Waals surface area contributed by atoms with Crippen molar-refractivity contribution in [2.75, 3.05) is 0 Å². The Bertz CT molecular complexity index is 482. The molecule has 17 heavy (non-hydrogen) atoms. The van der Waals surface area contributed by atoms with Crippen LogP contribution in [0.4, 0.5) is 0 Å². The van der Waals surface area contributed by atoms with Crippen LogP contribution in [0.25, 0.3) is 0 Å². The third-order valence-electron chi connectivity index (χ3n) is 2.44. The molecular weight excluding hydrogens is 230 g/mol. The molecule has 0 amide bonds. The standard InChI is InChI=1S/C14H15NOS/c1-11-3-2-4-13(15-11)10-17-14-7-5-12(9-16)6-8-14/h2-8,16H,9-10H2,1H3. The Labute approximate surface area is 106 Å². The summed E-state index contributed by atoms with van der Waals surface area (Å²) in [5.41, 5.74) is 3.10. The lowest BCUT2D eigenvalue weighted by molar-refractivity contribution is 0.282. The Morgan fingerprint density at radius 2 is 1.88 bits per heavy atom.